The van der Waals surface area contributed by atoms with Crippen LogP contribution in [0.25, 0.3) is 11.2 Å². The number of benzene rings is 2. The Balaban J connectivity index is 1.38. The Labute approximate surface area is 263 Å². The van der Waals surface area contributed by atoms with E-state index in [1.807, 2.05) is 60.7 Å². The molecule has 0 saturated carbocycles. The fourth-order valence-corrected chi connectivity index (χ4v) is 5.47. The third-order valence-corrected chi connectivity index (χ3v) is 7.67. The Kier molecular flexibility index (Phi) is 9.39. The van der Waals surface area contributed by atoms with Crippen LogP contribution in [0.4, 0.5) is 11.8 Å². The Hall–Kier alpha value is -5.03. The van der Waals surface area contributed by atoms with Gasteiger partial charge in [-0.2, -0.15) is 14.8 Å². The number of fused-ring (bicyclic) bond motifs is 1. The van der Waals surface area contributed by atoms with E-state index in [0.717, 1.165) is 11.1 Å². The van der Waals surface area contributed by atoms with Gasteiger partial charge in [0.15, 0.2) is 35.4 Å². The molecule has 2 aromatic carbocycles. The number of carbonyl (C=O) groups is 1. The SMILES string of the molecule is Cn1nnc([C@H]2O[C@@H](n3cnc4c(N[C@H](CO)Cc5ccccc5)nc(N[C@H](CO)Cc5ccccc5)nc43)[C@H](OC=O)[C@@H]2O)n1. The summed E-state index contributed by atoms with van der Waals surface area (Å²) in [6, 6.07) is 18.5. The van der Waals surface area contributed by atoms with Gasteiger partial charge in [-0.25, -0.2) is 4.98 Å². The molecule has 0 aliphatic carbocycles. The molecule has 5 aromatic rings. The summed E-state index contributed by atoms with van der Waals surface area (Å²) in [6.07, 6.45) is -2.20. The molecule has 1 aliphatic heterocycles. The van der Waals surface area contributed by atoms with Crippen LogP contribution in [0.2, 0.25) is 0 Å². The number of nitrogens with zero attached hydrogens (tertiary/aromatic N) is 8. The number of aryl methyl sites for hydroxylation is 1. The molecular formula is C30H34N10O6. The van der Waals surface area contributed by atoms with E-state index in [2.05, 4.69) is 31.0 Å². The molecule has 5 N–H and O–H groups in total. The second kappa shape index (κ2) is 13.9. The number of aromatic nitrogens is 8. The van der Waals surface area contributed by atoms with Crippen molar-refractivity contribution in [2.24, 2.45) is 7.05 Å². The molecule has 3 aromatic heterocycles. The highest BCUT2D eigenvalue weighted by Crippen LogP contribution is 2.40. The molecular weight excluding hydrogens is 596 g/mol. The van der Waals surface area contributed by atoms with Crippen LogP contribution >= 0.6 is 0 Å². The summed E-state index contributed by atoms with van der Waals surface area (Å²) in [5.74, 6) is 0.594. The Bertz CT molecular complexity index is 1740. The third kappa shape index (κ3) is 6.64. The van der Waals surface area contributed by atoms with Gasteiger partial charge < -0.3 is 35.4 Å². The van der Waals surface area contributed by atoms with E-state index in [1.165, 1.54) is 15.7 Å². The van der Waals surface area contributed by atoms with Crippen LogP contribution in [0.3, 0.4) is 0 Å². The Morgan fingerprint density at radius 2 is 1.63 bits per heavy atom. The van der Waals surface area contributed by atoms with E-state index in [9.17, 15) is 20.1 Å². The summed E-state index contributed by atoms with van der Waals surface area (Å²) in [6.45, 7) is -0.168. The van der Waals surface area contributed by atoms with Crippen LogP contribution in [-0.4, -0.2) is 99.0 Å². The zero-order valence-electron chi connectivity index (χ0n) is 24.9. The number of imidazole rings is 1. The number of aliphatic hydroxyl groups excluding tert-OH is 3. The number of carbonyl (C=O) groups excluding carboxylic acids is 1. The molecule has 240 valence electrons. The first-order valence-corrected chi connectivity index (χ1v) is 14.7. The van der Waals surface area contributed by atoms with Gasteiger partial charge in [-0.1, -0.05) is 60.7 Å². The lowest BCUT2D eigenvalue weighted by Crippen LogP contribution is -2.32. The zero-order valence-corrected chi connectivity index (χ0v) is 24.9. The first kappa shape index (κ1) is 31.0. The van der Waals surface area contributed by atoms with Crippen molar-refractivity contribution in [1.82, 2.24) is 39.7 Å². The van der Waals surface area contributed by atoms with Crippen molar-refractivity contribution in [2.75, 3.05) is 23.8 Å². The van der Waals surface area contributed by atoms with Gasteiger partial charge in [0.2, 0.25) is 11.8 Å². The molecule has 6 rings (SSSR count). The molecule has 0 unspecified atom stereocenters. The van der Waals surface area contributed by atoms with E-state index in [1.54, 1.807) is 7.05 Å². The van der Waals surface area contributed by atoms with Gasteiger partial charge in [-0.3, -0.25) is 9.36 Å². The van der Waals surface area contributed by atoms with Crippen molar-refractivity contribution in [3.63, 3.8) is 0 Å². The van der Waals surface area contributed by atoms with E-state index >= 15 is 0 Å². The number of ether oxygens (including phenoxy) is 2. The van der Waals surface area contributed by atoms with Gasteiger partial charge in [0, 0.05) is 0 Å². The summed E-state index contributed by atoms with van der Waals surface area (Å²) in [5, 5.41) is 50.0. The zero-order chi connectivity index (χ0) is 32.0. The van der Waals surface area contributed by atoms with E-state index < -0.39 is 36.6 Å². The molecule has 1 aliphatic rings. The van der Waals surface area contributed by atoms with E-state index in [-0.39, 0.29) is 37.1 Å². The van der Waals surface area contributed by atoms with Gasteiger partial charge >= 0.3 is 0 Å². The highest BCUT2D eigenvalue weighted by molar-refractivity contribution is 5.84. The average Bonchev–Trinajstić information content (AvgIpc) is 3.78. The first-order chi connectivity index (χ1) is 22.5. The lowest BCUT2D eigenvalue weighted by atomic mass is 10.1. The molecule has 1 fully saturated rings. The molecule has 16 heteroatoms. The molecule has 16 nitrogen and oxygen atoms in total. The average molecular weight is 631 g/mol. The minimum Gasteiger partial charge on any atom is -0.457 e. The monoisotopic (exact) mass is 630 g/mol. The summed E-state index contributed by atoms with van der Waals surface area (Å²) in [4.78, 5) is 26.7. The van der Waals surface area contributed by atoms with Crippen molar-refractivity contribution in [2.45, 2.75) is 49.5 Å². The maximum atomic E-state index is 11.5. The third-order valence-electron chi connectivity index (χ3n) is 7.67. The van der Waals surface area contributed by atoms with E-state index in [0.29, 0.717) is 24.2 Å². The molecule has 1 saturated heterocycles. The van der Waals surface area contributed by atoms with Crippen LogP contribution in [-0.2, 0) is 34.2 Å². The number of aliphatic hydroxyl groups is 3. The van der Waals surface area contributed by atoms with Gasteiger partial charge in [-0.15, -0.1) is 10.2 Å². The number of hydrogen-bond donors (Lipinski definition) is 5. The molecule has 46 heavy (non-hydrogen) atoms. The lowest BCUT2D eigenvalue weighted by molar-refractivity contribution is -0.142. The summed E-state index contributed by atoms with van der Waals surface area (Å²) >= 11 is 0. The minimum atomic E-state index is -1.33. The highest BCUT2D eigenvalue weighted by Gasteiger charge is 2.49. The number of hydrogen-bond acceptors (Lipinski definition) is 14. The number of tetrazole rings is 1. The Morgan fingerprint density at radius 1 is 0.978 bits per heavy atom. The molecule has 0 bridgehead atoms. The van der Waals surface area contributed by atoms with Crippen molar-refractivity contribution in [3.8, 4) is 0 Å². The largest absolute Gasteiger partial charge is 0.457 e. The summed E-state index contributed by atoms with van der Waals surface area (Å²) < 4.78 is 13.0. The maximum Gasteiger partial charge on any atom is 0.293 e. The van der Waals surface area contributed by atoms with Crippen molar-refractivity contribution in [1.29, 1.82) is 0 Å². The van der Waals surface area contributed by atoms with Crippen LogP contribution in [0, 0.1) is 0 Å². The predicted molar refractivity (Wildman–Crippen MR) is 163 cm³/mol. The fourth-order valence-electron chi connectivity index (χ4n) is 5.47. The fraction of sp³-hybridized carbons (Fsp3) is 0.367. The number of anilines is 2. The quantitative estimate of drug-likeness (QED) is 0.106. The number of rotatable bonds is 14. The van der Waals surface area contributed by atoms with Gasteiger partial charge in [-0.05, 0) is 29.2 Å². The van der Waals surface area contributed by atoms with Crippen molar-refractivity contribution >= 4 is 29.4 Å². The normalized spacial score (nSPS) is 20.8. The molecule has 4 heterocycles. The maximum absolute atomic E-state index is 11.5. The van der Waals surface area contributed by atoms with Crippen molar-refractivity contribution < 1.29 is 29.6 Å². The topological polar surface area (TPSA) is 207 Å². The van der Waals surface area contributed by atoms with Crippen LogP contribution in [0.15, 0.2) is 67.0 Å². The lowest BCUT2D eigenvalue weighted by Gasteiger charge is -2.22. The number of nitrogens with one attached hydrogen (secondary N) is 2. The molecule has 0 spiro atoms. The first-order valence-electron chi connectivity index (χ1n) is 14.7. The van der Waals surface area contributed by atoms with E-state index in [4.69, 9.17) is 19.4 Å². The smallest absolute Gasteiger partial charge is 0.293 e. The summed E-state index contributed by atoms with van der Waals surface area (Å²) in [5.41, 5.74) is 2.63. The molecule has 6 atom stereocenters. The summed E-state index contributed by atoms with van der Waals surface area (Å²) in [7, 11) is 1.58. The molecule has 0 amide bonds. The van der Waals surface area contributed by atoms with Crippen molar-refractivity contribution in [3.05, 3.63) is 83.9 Å². The van der Waals surface area contributed by atoms with Crippen LogP contribution in [0.5, 0.6) is 0 Å². The predicted octanol–water partition coefficient (Wildman–Crippen LogP) is 0.553. The minimum absolute atomic E-state index is 0.110. The van der Waals surface area contributed by atoms with Crippen LogP contribution in [0.1, 0.15) is 29.3 Å². The van der Waals surface area contributed by atoms with Crippen LogP contribution < -0.4 is 10.6 Å². The van der Waals surface area contributed by atoms with Gasteiger partial charge in [0.25, 0.3) is 6.47 Å². The Morgan fingerprint density at radius 3 is 2.22 bits per heavy atom. The highest BCUT2D eigenvalue weighted by atomic mass is 16.6. The van der Waals surface area contributed by atoms with Gasteiger partial charge in [0.05, 0.1) is 38.7 Å². The second-order valence-corrected chi connectivity index (χ2v) is 10.9. The second-order valence-electron chi connectivity index (χ2n) is 10.9. The standard InChI is InChI=1S/C30H34N10O6/c1-39-37-27(36-38-39)24-23(44)25(45-17-43)29(46-24)40-16-31-22-26(32-20(14-41)12-18-8-4-2-5-9-18)34-30(35-28(22)40)33-21(15-42)13-19-10-6-3-7-11-19/h2-11,16-17,20-21,23-25,29,41-42,44H,12-15H2,1H3,(H2,32,33,34,35)/t20-,21-,23+,24-,25+,29+/m0/s1. The molecule has 0 radical (unpaired) electrons. The van der Waals surface area contributed by atoms with Gasteiger partial charge in [0.1, 0.15) is 6.10 Å².